The number of carbonyl (C=O) groups is 1. The van der Waals surface area contributed by atoms with Gasteiger partial charge in [0.25, 0.3) is 0 Å². The van der Waals surface area contributed by atoms with Gasteiger partial charge in [0.2, 0.25) is 5.91 Å². The molecule has 1 aliphatic heterocycles. The molecule has 1 aliphatic rings. The summed E-state index contributed by atoms with van der Waals surface area (Å²) in [6, 6.07) is 18.0. The monoisotopic (exact) mass is 371 g/mol. The molecule has 1 amide bonds. The average molecular weight is 372 g/mol. The van der Waals surface area contributed by atoms with Gasteiger partial charge in [-0.25, -0.2) is 0 Å². The summed E-state index contributed by atoms with van der Waals surface area (Å²) < 4.78 is 0. The lowest BCUT2D eigenvalue weighted by Gasteiger charge is -2.38. The molecule has 138 valence electrons. The van der Waals surface area contributed by atoms with Crippen LogP contribution in [0.25, 0.3) is 0 Å². The SMILES string of the molecule is CN1CCN([C@H](CNC(=O)Cc2ccccc2)c2ccc(Cl)cc2)CC1. The van der Waals surface area contributed by atoms with Crippen molar-refractivity contribution in [1.82, 2.24) is 15.1 Å². The van der Waals surface area contributed by atoms with Crippen molar-refractivity contribution < 1.29 is 4.79 Å². The Morgan fingerprint density at radius 3 is 2.35 bits per heavy atom. The number of hydrogen-bond acceptors (Lipinski definition) is 3. The van der Waals surface area contributed by atoms with Crippen molar-refractivity contribution in [3.05, 3.63) is 70.7 Å². The van der Waals surface area contributed by atoms with Crippen molar-refractivity contribution in [2.24, 2.45) is 0 Å². The minimum absolute atomic E-state index is 0.0595. The number of nitrogens with zero attached hydrogens (tertiary/aromatic N) is 2. The van der Waals surface area contributed by atoms with Crippen molar-refractivity contribution in [2.45, 2.75) is 12.5 Å². The molecule has 1 N–H and O–H groups in total. The number of rotatable bonds is 6. The van der Waals surface area contributed by atoms with Gasteiger partial charge in [0, 0.05) is 37.7 Å². The highest BCUT2D eigenvalue weighted by atomic mass is 35.5. The van der Waals surface area contributed by atoms with Crippen molar-refractivity contribution >= 4 is 17.5 Å². The average Bonchev–Trinajstić information content (AvgIpc) is 2.65. The van der Waals surface area contributed by atoms with Crippen LogP contribution in [0.4, 0.5) is 0 Å². The molecule has 0 aliphatic carbocycles. The molecular formula is C21H26ClN3O. The fourth-order valence-electron chi connectivity index (χ4n) is 3.33. The van der Waals surface area contributed by atoms with Crippen LogP contribution in [0.15, 0.2) is 54.6 Å². The summed E-state index contributed by atoms with van der Waals surface area (Å²) in [5.74, 6) is 0.0595. The molecule has 1 atom stereocenters. The Balaban J connectivity index is 1.65. The molecule has 4 nitrogen and oxygen atoms in total. The minimum atomic E-state index is 0.0595. The molecule has 0 bridgehead atoms. The van der Waals surface area contributed by atoms with Gasteiger partial charge in [-0.05, 0) is 30.3 Å². The third-order valence-electron chi connectivity index (χ3n) is 4.93. The Morgan fingerprint density at radius 1 is 1.04 bits per heavy atom. The Labute approximate surface area is 160 Å². The van der Waals surface area contributed by atoms with E-state index in [0.717, 1.165) is 36.8 Å². The van der Waals surface area contributed by atoms with Gasteiger partial charge in [-0.2, -0.15) is 0 Å². The zero-order chi connectivity index (χ0) is 18.4. The summed E-state index contributed by atoms with van der Waals surface area (Å²) in [5.41, 5.74) is 2.23. The first-order valence-electron chi connectivity index (χ1n) is 9.10. The zero-order valence-electron chi connectivity index (χ0n) is 15.2. The van der Waals surface area contributed by atoms with Crippen molar-refractivity contribution in [1.29, 1.82) is 0 Å². The van der Waals surface area contributed by atoms with Gasteiger partial charge < -0.3 is 10.2 Å². The Kier molecular flexibility index (Phi) is 6.67. The molecule has 1 saturated heterocycles. The van der Waals surface area contributed by atoms with E-state index in [-0.39, 0.29) is 11.9 Å². The highest BCUT2D eigenvalue weighted by molar-refractivity contribution is 6.30. The van der Waals surface area contributed by atoms with E-state index in [1.807, 2.05) is 42.5 Å². The predicted octanol–water partition coefficient (Wildman–Crippen LogP) is 2.99. The van der Waals surface area contributed by atoms with Crippen molar-refractivity contribution in [3.8, 4) is 0 Å². The largest absolute Gasteiger partial charge is 0.354 e. The van der Waals surface area contributed by atoms with Gasteiger partial charge in [0.05, 0.1) is 12.5 Å². The smallest absolute Gasteiger partial charge is 0.224 e. The van der Waals surface area contributed by atoms with Gasteiger partial charge in [0.1, 0.15) is 0 Å². The number of carbonyl (C=O) groups excluding carboxylic acids is 1. The molecule has 2 aromatic rings. The predicted molar refractivity (Wildman–Crippen MR) is 106 cm³/mol. The molecule has 0 aromatic heterocycles. The van der Waals surface area contributed by atoms with Crippen LogP contribution in [0.1, 0.15) is 17.2 Å². The summed E-state index contributed by atoms with van der Waals surface area (Å²) in [4.78, 5) is 17.2. The molecule has 2 aromatic carbocycles. The molecule has 0 unspecified atom stereocenters. The topological polar surface area (TPSA) is 35.6 Å². The van der Waals surface area contributed by atoms with Crippen LogP contribution < -0.4 is 5.32 Å². The molecule has 5 heteroatoms. The fourth-order valence-corrected chi connectivity index (χ4v) is 3.46. The van der Waals surface area contributed by atoms with E-state index >= 15 is 0 Å². The number of halogens is 1. The highest BCUT2D eigenvalue weighted by Gasteiger charge is 2.24. The zero-order valence-corrected chi connectivity index (χ0v) is 16.0. The van der Waals surface area contributed by atoms with Crippen molar-refractivity contribution in [3.63, 3.8) is 0 Å². The van der Waals surface area contributed by atoms with Crippen LogP contribution in [0.5, 0.6) is 0 Å². The molecule has 1 heterocycles. The standard InChI is InChI=1S/C21H26ClN3O/c1-24-11-13-25(14-12-24)20(18-7-9-19(22)10-8-18)16-23-21(26)15-17-5-3-2-4-6-17/h2-10,20H,11-16H2,1H3,(H,23,26)/t20-/m1/s1. The van der Waals surface area contributed by atoms with Gasteiger partial charge in [-0.1, -0.05) is 54.1 Å². The maximum absolute atomic E-state index is 12.4. The van der Waals surface area contributed by atoms with Crippen LogP contribution in [0, 0.1) is 0 Å². The molecule has 1 fully saturated rings. The summed E-state index contributed by atoms with van der Waals surface area (Å²) in [6.45, 7) is 4.69. The second-order valence-electron chi connectivity index (χ2n) is 6.87. The lowest BCUT2D eigenvalue weighted by molar-refractivity contribution is -0.120. The van der Waals surface area contributed by atoms with E-state index in [2.05, 4.69) is 34.3 Å². The van der Waals surface area contributed by atoms with Gasteiger partial charge >= 0.3 is 0 Å². The molecule has 0 radical (unpaired) electrons. The van der Waals surface area contributed by atoms with Gasteiger partial charge in [-0.3, -0.25) is 9.69 Å². The summed E-state index contributed by atoms with van der Waals surface area (Å²) >= 11 is 6.05. The molecule has 0 saturated carbocycles. The summed E-state index contributed by atoms with van der Waals surface area (Å²) in [7, 11) is 2.15. The van der Waals surface area contributed by atoms with Crippen LogP contribution in [0.2, 0.25) is 5.02 Å². The summed E-state index contributed by atoms with van der Waals surface area (Å²) in [5, 5.41) is 3.86. The lowest BCUT2D eigenvalue weighted by atomic mass is 10.0. The first-order chi connectivity index (χ1) is 12.6. The van der Waals surface area contributed by atoms with E-state index < -0.39 is 0 Å². The number of nitrogens with one attached hydrogen (secondary N) is 1. The Morgan fingerprint density at radius 2 is 1.69 bits per heavy atom. The van der Waals surface area contributed by atoms with Crippen LogP contribution in [-0.2, 0) is 11.2 Å². The third kappa shape index (κ3) is 5.31. The molecule has 3 rings (SSSR count). The lowest BCUT2D eigenvalue weighted by Crippen LogP contribution is -2.48. The minimum Gasteiger partial charge on any atom is -0.354 e. The van der Waals surface area contributed by atoms with Crippen LogP contribution in [0.3, 0.4) is 0 Å². The first-order valence-corrected chi connectivity index (χ1v) is 9.48. The van der Waals surface area contributed by atoms with Crippen LogP contribution >= 0.6 is 11.6 Å². The maximum atomic E-state index is 12.4. The third-order valence-corrected chi connectivity index (χ3v) is 5.19. The fraction of sp³-hybridized carbons (Fsp3) is 0.381. The van der Waals surface area contributed by atoms with E-state index in [9.17, 15) is 4.79 Å². The molecular weight excluding hydrogens is 346 g/mol. The number of amides is 1. The van der Waals surface area contributed by atoms with Gasteiger partial charge in [0.15, 0.2) is 0 Å². The van der Waals surface area contributed by atoms with E-state index in [4.69, 9.17) is 11.6 Å². The molecule has 26 heavy (non-hydrogen) atoms. The number of hydrogen-bond donors (Lipinski definition) is 1. The van der Waals surface area contributed by atoms with E-state index in [0.29, 0.717) is 13.0 Å². The number of likely N-dealkylation sites (N-methyl/N-ethyl adjacent to an activating group) is 1. The Hall–Kier alpha value is -1.88. The maximum Gasteiger partial charge on any atom is 0.224 e. The van der Waals surface area contributed by atoms with Gasteiger partial charge in [-0.15, -0.1) is 0 Å². The number of benzene rings is 2. The second-order valence-corrected chi connectivity index (χ2v) is 7.31. The van der Waals surface area contributed by atoms with Crippen molar-refractivity contribution in [2.75, 3.05) is 39.8 Å². The Bertz CT molecular complexity index is 697. The second kappa shape index (κ2) is 9.17. The normalized spacial score (nSPS) is 17.0. The van der Waals surface area contributed by atoms with E-state index in [1.165, 1.54) is 5.56 Å². The first kappa shape index (κ1) is 18.9. The summed E-state index contributed by atoms with van der Waals surface area (Å²) in [6.07, 6.45) is 0.414. The highest BCUT2D eigenvalue weighted by Crippen LogP contribution is 2.23. The quantitative estimate of drug-likeness (QED) is 0.847. The van der Waals surface area contributed by atoms with E-state index in [1.54, 1.807) is 0 Å². The number of piperazine rings is 1. The molecule has 0 spiro atoms. The van der Waals surface area contributed by atoms with Crippen LogP contribution in [-0.4, -0.2) is 55.5 Å².